The molecule has 4 heterocycles. The fourth-order valence-electron chi connectivity index (χ4n) is 5.35. The summed E-state index contributed by atoms with van der Waals surface area (Å²) in [5, 5.41) is 12.1. The van der Waals surface area contributed by atoms with E-state index in [-0.39, 0.29) is 28.1 Å². The van der Waals surface area contributed by atoms with E-state index in [9.17, 15) is 32.7 Å². The first-order valence-electron chi connectivity index (χ1n) is 15.7. The fraction of sp³-hybridized carbons (Fsp3) is 0.143. The molecule has 270 valence electrons. The van der Waals surface area contributed by atoms with Crippen LogP contribution in [0.4, 0.5) is 14.5 Å². The van der Waals surface area contributed by atoms with Gasteiger partial charge in [0.2, 0.25) is 0 Å². The number of sulfonamides is 1. The van der Waals surface area contributed by atoms with Crippen molar-refractivity contribution in [2.24, 2.45) is 7.05 Å². The Morgan fingerprint density at radius 2 is 1.62 bits per heavy atom. The van der Waals surface area contributed by atoms with E-state index >= 15 is 8.78 Å². The van der Waals surface area contributed by atoms with Gasteiger partial charge in [-0.2, -0.15) is 0 Å². The lowest BCUT2D eigenvalue weighted by atomic mass is 10.1. The first-order chi connectivity index (χ1) is 25.3. The highest BCUT2D eigenvalue weighted by molar-refractivity contribution is 7.92. The van der Waals surface area contributed by atoms with Gasteiger partial charge in [0.15, 0.2) is 0 Å². The summed E-state index contributed by atoms with van der Waals surface area (Å²) < 4.78 is 60.3. The maximum absolute atomic E-state index is 15.1. The van der Waals surface area contributed by atoms with E-state index in [4.69, 9.17) is 0 Å². The number of hydrogen-bond donors (Lipinski definition) is 3. The zero-order valence-electron chi connectivity index (χ0n) is 27.8. The summed E-state index contributed by atoms with van der Waals surface area (Å²) >= 11 is 0. The number of aliphatic carboxylic acids is 1. The van der Waals surface area contributed by atoms with Crippen molar-refractivity contribution < 1.29 is 31.9 Å². The van der Waals surface area contributed by atoms with Gasteiger partial charge in [-0.3, -0.25) is 23.9 Å². The maximum Gasteiger partial charge on any atom is 0.337 e. The van der Waals surface area contributed by atoms with Crippen LogP contribution in [0.15, 0.2) is 100 Å². The van der Waals surface area contributed by atoms with Gasteiger partial charge in [0.25, 0.3) is 21.5 Å². The van der Waals surface area contributed by atoms with E-state index in [2.05, 4.69) is 25.3 Å². The van der Waals surface area contributed by atoms with Gasteiger partial charge in [0.05, 0.1) is 33.2 Å². The first kappa shape index (κ1) is 36.1. The Morgan fingerprint density at radius 1 is 0.906 bits per heavy atom. The summed E-state index contributed by atoms with van der Waals surface area (Å²) in [5.41, 5.74) is -1.18. The molecule has 0 spiro atoms. The quantitative estimate of drug-likeness (QED) is 0.176. The maximum atomic E-state index is 15.1. The minimum atomic E-state index is -4.41. The predicted octanol–water partition coefficient (Wildman–Crippen LogP) is 3.00. The molecule has 53 heavy (non-hydrogen) atoms. The highest BCUT2D eigenvalue weighted by Gasteiger charge is 2.26. The number of carboxylic acid groups (broad SMARTS) is 1. The average molecular weight is 743 g/mol. The van der Waals surface area contributed by atoms with Crippen LogP contribution in [0.1, 0.15) is 28.7 Å². The molecule has 0 radical (unpaired) electrons. The van der Waals surface area contributed by atoms with Gasteiger partial charge in [-0.05, 0) is 41.5 Å². The van der Waals surface area contributed by atoms with Crippen LogP contribution in [0.2, 0.25) is 0 Å². The lowest BCUT2D eigenvalue weighted by Gasteiger charge is -2.16. The number of aryl methyl sites for hydroxylation is 2. The van der Waals surface area contributed by atoms with E-state index in [1.54, 1.807) is 12.4 Å². The number of carbonyl (C=O) groups excluding carboxylic acids is 1. The molecule has 0 aliphatic rings. The minimum absolute atomic E-state index is 0.0491. The number of nitrogens with zero attached hydrogens (tertiary/aromatic N) is 6. The largest absolute Gasteiger partial charge is 0.480 e. The molecule has 0 saturated carbocycles. The summed E-state index contributed by atoms with van der Waals surface area (Å²) in [6, 6.07) is 8.94. The number of aromatic nitrogens is 6. The lowest BCUT2D eigenvalue weighted by Crippen LogP contribution is -2.42. The highest BCUT2D eigenvalue weighted by atomic mass is 32.2. The zero-order valence-corrected chi connectivity index (χ0v) is 28.6. The van der Waals surface area contributed by atoms with E-state index in [0.29, 0.717) is 41.0 Å². The number of rotatable bonds is 11. The molecule has 0 bridgehead atoms. The van der Waals surface area contributed by atoms with E-state index in [0.717, 1.165) is 4.57 Å². The second-order valence-corrected chi connectivity index (χ2v) is 13.3. The van der Waals surface area contributed by atoms with Crippen molar-refractivity contribution in [1.82, 2.24) is 34.4 Å². The topological polar surface area (TPSA) is 208 Å². The normalized spacial score (nSPS) is 12.0. The van der Waals surface area contributed by atoms with Gasteiger partial charge < -0.3 is 10.4 Å². The number of anilines is 1. The number of amides is 1. The monoisotopic (exact) mass is 742 g/mol. The third-order valence-electron chi connectivity index (χ3n) is 8.22. The van der Waals surface area contributed by atoms with Crippen molar-refractivity contribution in [3.05, 3.63) is 135 Å². The van der Waals surface area contributed by atoms with Crippen LogP contribution in [-0.2, 0) is 34.7 Å². The van der Waals surface area contributed by atoms with Gasteiger partial charge >= 0.3 is 11.7 Å². The molecule has 18 heteroatoms. The molecule has 0 unspecified atom stereocenters. The SMILES string of the molecule is CCc1ncc(-c2ccc(S(=O)(=O)Nc3cc(F)c(C(=O)N[C@@H](Cc4ccc(-n5c(=O)c6ccncc6n(C)c5=O)nc4)C(=O)O)cc3F)cc2)cn1. The van der Waals surface area contributed by atoms with Crippen molar-refractivity contribution in [3.63, 3.8) is 0 Å². The molecular weight excluding hydrogens is 714 g/mol. The summed E-state index contributed by atoms with van der Waals surface area (Å²) in [6.45, 7) is 1.90. The van der Waals surface area contributed by atoms with Crippen molar-refractivity contribution >= 4 is 38.5 Å². The third-order valence-corrected chi connectivity index (χ3v) is 9.60. The fourth-order valence-corrected chi connectivity index (χ4v) is 6.41. The Morgan fingerprint density at radius 3 is 2.26 bits per heavy atom. The molecule has 0 aliphatic carbocycles. The van der Waals surface area contributed by atoms with Crippen molar-refractivity contribution in [2.45, 2.75) is 30.7 Å². The molecule has 6 rings (SSSR count). The zero-order chi connectivity index (χ0) is 38.0. The Hall–Kier alpha value is -6.69. The molecule has 1 amide bonds. The average Bonchev–Trinajstić information content (AvgIpc) is 3.15. The number of benzene rings is 2. The predicted molar refractivity (Wildman–Crippen MR) is 187 cm³/mol. The Balaban J connectivity index is 1.15. The van der Waals surface area contributed by atoms with Crippen LogP contribution in [0.5, 0.6) is 0 Å². The first-order valence-corrected chi connectivity index (χ1v) is 17.2. The molecule has 1 atom stereocenters. The number of hydrogen-bond acceptors (Lipinski definition) is 10. The molecule has 6 aromatic rings. The molecule has 15 nitrogen and oxygen atoms in total. The van der Waals surface area contributed by atoms with Crippen molar-refractivity contribution in [3.8, 4) is 16.9 Å². The lowest BCUT2D eigenvalue weighted by molar-refractivity contribution is -0.139. The van der Waals surface area contributed by atoms with Crippen molar-refractivity contribution in [2.75, 3.05) is 4.72 Å². The summed E-state index contributed by atoms with van der Waals surface area (Å²) in [7, 11) is -2.95. The Labute approximate surface area is 298 Å². The van der Waals surface area contributed by atoms with Crippen LogP contribution in [0.25, 0.3) is 27.8 Å². The van der Waals surface area contributed by atoms with Gasteiger partial charge in [0.1, 0.15) is 29.3 Å². The van der Waals surface area contributed by atoms with E-state index in [1.165, 1.54) is 72.7 Å². The second-order valence-electron chi connectivity index (χ2n) is 11.7. The van der Waals surface area contributed by atoms with Crippen molar-refractivity contribution in [1.29, 1.82) is 0 Å². The second kappa shape index (κ2) is 14.5. The molecule has 0 aliphatic heterocycles. The molecule has 2 aromatic carbocycles. The van der Waals surface area contributed by atoms with Gasteiger partial charge in [-0.25, -0.2) is 46.3 Å². The Bertz CT molecular complexity index is 2620. The summed E-state index contributed by atoms with van der Waals surface area (Å²) in [4.78, 5) is 67.2. The van der Waals surface area contributed by atoms with Gasteiger partial charge in [-0.1, -0.05) is 25.1 Å². The molecule has 0 fully saturated rings. The summed E-state index contributed by atoms with van der Waals surface area (Å²) in [6.07, 6.45) is 7.44. The molecule has 0 saturated heterocycles. The molecule has 4 aromatic heterocycles. The number of fused-ring (bicyclic) bond motifs is 1. The third kappa shape index (κ3) is 7.38. The van der Waals surface area contributed by atoms with Crippen LogP contribution < -0.4 is 21.3 Å². The summed E-state index contributed by atoms with van der Waals surface area (Å²) in [5.74, 6) is -4.85. The van der Waals surface area contributed by atoms with Gasteiger partial charge in [0, 0.05) is 56.3 Å². The number of halogens is 2. The van der Waals surface area contributed by atoms with Gasteiger partial charge in [-0.15, -0.1) is 0 Å². The number of nitrogens with one attached hydrogen (secondary N) is 2. The minimum Gasteiger partial charge on any atom is -0.480 e. The number of pyridine rings is 2. The number of carboxylic acids is 1. The Kier molecular flexibility index (Phi) is 9.88. The standard InChI is InChI=1S/C35H28F2N8O7S/c1-3-30-39-16-21(17-40-30)20-5-7-22(8-6-20)53(51,52)43-27-14-25(36)24(13-26(27)37)32(46)42-28(34(48)49)12-19-4-9-31(41-15-19)45-33(47)23-10-11-38-18-29(23)44(2)35(45)50/h4-11,13-18,28,43H,3,12H2,1-2H3,(H,42,46)(H,48,49)/t28-/m0/s1. The van der Waals surface area contributed by atoms with Crippen LogP contribution >= 0.6 is 0 Å². The van der Waals surface area contributed by atoms with Crippen LogP contribution in [0.3, 0.4) is 0 Å². The van der Waals surface area contributed by atoms with E-state index in [1.807, 2.05) is 11.6 Å². The van der Waals surface area contributed by atoms with Crippen LogP contribution in [-0.4, -0.2) is 60.5 Å². The smallest absolute Gasteiger partial charge is 0.337 e. The highest BCUT2D eigenvalue weighted by Crippen LogP contribution is 2.25. The molecule has 3 N–H and O–H groups in total. The number of carbonyl (C=O) groups is 2. The van der Waals surface area contributed by atoms with Crippen LogP contribution in [0, 0.1) is 11.6 Å². The van der Waals surface area contributed by atoms with E-state index < -0.39 is 62.1 Å². The molecular formula is C35H28F2N8O7S.